The first kappa shape index (κ1) is 28.5. The second-order valence-electron chi connectivity index (χ2n) is 13.7. The van der Waals surface area contributed by atoms with Crippen LogP contribution in [0.5, 0.6) is 0 Å². The van der Waals surface area contributed by atoms with E-state index in [2.05, 4.69) is 27.7 Å². The number of ketones is 1. The molecule has 0 radical (unpaired) electrons. The maximum absolute atomic E-state index is 12.2. The topological polar surface area (TPSA) is 91.7 Å². The third-order valence-electron chi connectivity index (χ3n) is 12.1. The molecule has 4 saturated carbocycles. The number of Topliss-reactive ketones (excluding diaryl/α,β-unsaturated/α-hetero) is 1. The monoisotopic (exact) mass is 524 g/mol. The van der Waals surface area contributed by atoms with Crippen molar-refractivity contribution in [2.45, 2.75) is 117 Å². The second-order valence-corrected chi connectivity index (χ2v) is 16.1. The number of fused-ring (bicyclic) bond motifs is 5. The number of carbonyl (C=O) groups excluding carboxylic acids is 1. The third-order valence-corrected chi connectivity index (χ3v) is 13.7. The predicted octanol–water partition coefficient (Wildman–Crippen LogP) is 5.42. The summed E-state index contributed by atoms with van der Waals surface area (Å²) in [5, 5.41) is 22.3. The zero-order valence-electron chi connectivity index (χ0n) is 23.4. The SMILES string of the molecule is CC[C@H]1[C@@H](O)[C@@H]2[C@H](CC[C@]3(C)[C@@H]([C@H](C)CCCC(=O)CS(=O)(=O)CC)CC[C@@H]23)[C@@]2(C)CC[C@@H](O)C[C@@H]12. The summed E-state index contributed by atoms with van der Waals surface area (Å²) in [4.78, 5) is 12.2. The lowest BCUT2D eigenvalue weighted by Crippen LogP contribution is -2.62. The van der Waals surface area contributed by atoms with Crippen molar-refractivity contribution in [1.82, 2.24) is 0 Å². The predicted molar refractivity (Wildman–Crippen MR) is 144 cm³/mol. The lowest BCUT2D eigenvalue weighted by atomic mass is 9.41. The van der Waals surface area contributed by atoms with Crippen molar-refractivity contribution in [3.8, 4) is 0 Å². The fourth-order valence-corrected chi connectivity index (χ4v) is 11.0. The highest BCUT2D eigenvalue weighted by Gasteiger charge is 2.64. The molecule has 0 unspecified atom stereocenters. The Kier molecular flexibility index (Phi) is 8.41. The molecule has 4 aliphatic rings. The summed E-state index contributed by atoms with van der Waals surface area (Å²) in [5.74, 6) is 2.87. The van der Waals surface area contributed by atoms with E-state index in [0.29, 0.717) is 41.9 Å². The summed E-state index contributed by atoms with van der Waals surface area (Å²) in [6.45, 7) is 11.1. The minimum atomic E-state index is -3.24. The minimum Gasteiger partial charge on any atom is -0.393 e. The Balaban J connectivity index is 1.45. The van der Waals surface area contributed by atoms with Gasteiger partial charge in [-0.2, -0.15) is 0 Å². The van der Waals surface area contributed by atoms with Gasteiger partial charge in [0.2, 0.25) is 0 Å². The summed E-state index contributed by atoms with van der Waals surface area (Å²) < 4.78 is 23.6. The van der Waals surface area contributed by atoms with Crippen LogP contribution in [0.3, 0.4) is 0 Å². The van der Waals surface area contributed by atoms with Gasteiger partial charge in [0.05, 0.1) is 12.2 Å². The average Bonchev–Trinajstić information content (AvgIpc) is 3.17. The van der Waals surface area contributed by atoms with Gasteiger partial charge in [0.25, 0.3) is 0 Å². The first-order chi connectivity index (χ1) is 16.9. The van der Waals surface area contributed by atoms with Gasteiger partial charge in [-0.3, -0.25) is 4.79 Å². The van der Waals surface area contributed by atoms with Gasteiger partial charge in [-0.15, -0.1) is 0 Å². The fraction of sp³-hybridized carbons (Fsp3) is 0.967. The Hall–Kier alpha value is -0.460. The van der Waals surface area contributed by atoms with E-state index in [1.165, 1.54) is 25.7 Å². The van der Waals surface area contributed by atoms with Crippen LogP contribution in [0.4, 0.5) is 0 Å². The van der Waals surface area contributed by atoms with Gasteiger partial charge in [0, 0.05) is 12.2 Å². The van der Waals surface area contributed by atoms with Gasteiger partial charge in [-0.05, 0) is 104 Å². The molecule has 0 aromatic heterocycles. The maximum Gasteiger partial charge on any atom is 0.157 e. The first-order valence-electron chi connectivity index (χ1n) is 15.0. The van der Waals surface area contributed by atoms with Gasteiger partial charge in [0.1, 0.15) is 11.5 Å². The van der Waals surface area contributed by atoms with E-state index in [-0.39, 0.29) is 46.2 Å². The van der Waals surface area contributed by atoms with Crippen LogP contribution in [-0.4, -0.2) is 48.1 Å². The summed E-state index contributed by atoms with van der Waals surface area (Å²) in [6.07, 6.45) is 10.3. The van der Waals surface area contributed by atoms with Crippen molar-refractivity contribution in [3.63, 3.8) is 0 Å². The molecule has 4 aliphatic carbocycles. The maximum atomic E-state index is 12.2. The Labute approximate surface area is 220 Å². The van der Waals surface area contributed by atoms with Crippen LogP contribution in [0.15, 0.2) is 0 Å². The highest BCUT2D eigenvalue weighted by molar-refractivity contribution is 7.92. The van der Waals surface area contributed by atoms with E-state index in [1.807, 2.05) is 0 Å². The van der Waals surface area contributed by atoms with Crippen LogP contribution in [-0.2, 0) is 14.6 Å². The van der Waals surface area contributed by atoms with Gasteiger partial charge in [-0.1, -0.05) is 47.5 Å². The van der Waals surface area contributed by atoms with Crippen LogP contribution >= 0.6 is 0 Å². The number of aliphatic hydroxyl groups is 2. The molecule has 36 heavy (non-hydrogen) atoms. The molecule has 0 aliphatic heterocycles. The first-order valence-corrected chi connectivity index (χ1v) is 16.8. The summed E-state index contributed by atoms with van der Waals surface area (Å²) >= 11 is 0. The summed E-state index contributed by atoms with van der Waals surface area (Å²) in [6, 6.07) is 0. The molecule has 0 amide bonds. The van der Waals surface area contributed by atoms with Crippen LogP contribution in [0.25, 0.3) is 0 Å². The normalized spacial score (nSPS) is 45.4. The van der Waals surface area contributed by atoms with Crippen molar-refractivity contribution in [1.29, 1.82) is 0 Å². The van der Waals surface area contributed by atoms with Gasteiger partial charge < -0.3 is 10.2 Å². The lowest BCUT2D eigenvalue weighted by molar-refractivity contribution is -0.203. The van der Waals surface area contributed by atoms with Crippen LogP contribution < -0.4 is 0 Å². The van der Waals surface area contributed by atoms with Gasteiger partial charge in [0.15, 0.2) is 9.84 Å². The van der Waals surface area contributed by atoms with E-state index in [4.69, 9.17) is 0 Å². The second kappa shape index (κ2) is 10.6. The van der Waals surface area contributed by atoms with Crippen molar-refractivity contribution >= 4 is 15.6 Å². The largest absolute Gasteiger partial charge is 0.393 e. The van der Waals surface area contributed by atoms with Crippen molar-refractivity contribution in [2.24, 2.45) is 52.3 Å². The minimum absolute atomic E-state index is 0.0320. The molecule has 0 spiro atoms. The molecule has 0 aromatic rings. The van der Waals surface area contributed by atoms with E-state index in [1.54, 1.807) is 6.92 Å². The molecular formula is C30H52O5S. The van der Waals surface area contributed by atoms with E-state index < -0.39 is 9.84 Å². The smallest absolute Gasteiger partial charge is 0.157 e. The molecule has 4 fully saturated rings. The number of sulfone groups is 1. The molecular weight excluding hydrogens is 472 g/mol. The van der Waals surface area contributed by atoms with Crippen molar-refractivity contribution in [2.75, 3.05) is 11.5 Å². The zero-order chi connectivity index (χ0) is 26.5. The van der Waals surface area contributed by atoms with E-state index >= 15 is 0 Å². The van der Waals surface area contributed by atoms with Crippen molar-refractivity contribution < 1.29 is 23.4 Å². The van der Waals surface area contributed by atoms with Crippen molar-refractivity contribution in [3.05, 3.63) is 0 Å². The van der Waals surface area contributed by atoms with Crippen LogP contribution in [0, 0.1) is 52.3 Å². The standard InChI is InChI=1S/C30H52O5S/c1-6-22-26-17-20(31)13-15-30(26,5)25-14-16-29(4)23(11-12-24(29)27(25)28(22)33)19(3)9-8-10-21(32)18-36(34,35)7-2/h19-20,22-28,31,33H,6-18H2,1-5H3/t19-,20-,22-,23-,24+,25+,26+,27+,28-,29-,30-/m1/s1. The zero-order valence-corrected chi connectivity index (χ0v) is 24.2. The molecule has 208 valence electrons. The molecule has 0 heterocycles. The van der Waals surface area contributed by atoms with Gasteiger partial charge in [-0.25, -0.2) is 8.42 Å². The fourth-order valence-electron chi connectivity index (χ4n) is 10.2. The third kappa shape index (κ3) is 4.97. The summed E-state index contributed by atoms with van der Waals surface area (Å²) in [7, 11) is -3.24. The molecule has 2 N–H and O–H groups in total. The Morgan fingerprint density at radius 3 is 2.31 bits per heavy atom. The van der Waals surface area contributed by atoms with Crippen LogP contribution in [0.1, 0.15) is 105 Å². The molecule has 0 aromatic carbocycles. The quantitative estimate of drug-likeness (QED) is 0.420. The Bertz CT molecular complexity index is 901. The molecule has 11 atom stereocenters. The van der Waals surface area contributed by atoms with E-state index in [9.17, 15) is 23.4 Å². The molecule has 4 rings (SSSR count). The molecule has 5 nitrogen and oxygen atoms in total. The average molecular weight is 525 g/mol. The Morgan fingerprint density at radius 2 is 1.64 bits per heavy atom. The number of carbonyl (C=O) groups is 1. The summed E-state index contributed by atoms with van der Waals surface area (Å²) in [5.41, 5.74) is 0.459. The molecule has 0 saturated heterocycles. The number of rotatable bonds is 9. The van der Waals surface area contributed by atoms with Gasteiger partial charge >= 0.3 is 0 Å². The number of hydrogen-bond donors (Lipinski definition) is 2. The lowest BCUT2D eigenvalue weighted by Gasteiger charge is -2.64. The highest BCUT2D eigenvalue weighted by atomic mass is 32.2. The highest BCUT2D eigenvalue weighted by Crippen LogP contribution is 2.69. The molecule has 0 bridgehead atoms. The van der Waals surface area contributed by atoms with Crippen LogP contribution in [0.2, 0.25) is 0 Å². The number of hydrogen-bond acceptors (Lipinski definition) is 5. The number of aliphatic hydroxyl groups excluding tert-OH is 2. The molecule has 6 heteroatoms. The Morgan fingerprint density at radius 1 is 0.972 bits per heavy atom. The van der Waals surface area contributed by atoms with E-state index in [0.717, 1.165) is 38.5 Å².